The van der Waals surface area contributed by atoms with Gasteiger partial charge in [0.15, 0.2) is 12.3 Å². The average molecular weight is 338 g/mol. The van der Waals surface area contributed by atoms with E-state index in [1.165, 1.54) is 0 Å². The van der Waals surface area contributed by atoms with Crippen LogP contribution >= 0.6 is 0 Å². The van der Waals surface area contributed by atoms with Gasteiger partial charge in [0.1, 0.15) is 5.75 Å². The molecule has 0 atom stereocenters. The van der Waals surface area contributed by atoms with Crippen molar-refractivity contribution in [1.82, 2.24) is 19.9 Å². The monoisotopic (exact) mass is 338 g/mol. The van der Waals surface area contributed by atoms with Gasteiger partial charge in [0, 0.05) is 25.0 Å². The molecule has 2 aromatic heterocycles. The summed E-state index contributed by atoms with van der Waals surface area (Å²) in [4.78, 5) is 16.2. The number of aromatic nitrogens is 3. The third-order valence-electron chi connectivity index (χ3n) is 3.81. The van der Waals surface area contributed by atoms with Gasteiger partial charge in [-0.25, -0.2) is 9.50 Å². The fraction of sp³-hybridized carbons (Fsp3) is 0.316. The van der Waals surface area contributed by atoms with Crippen molar-refractivity contribution in [2.45, 2.75) is 26.7 Å². The normalized spacial score (nSPS) is 10.8. The SMILES string of the molecule is Cc1cccc(OCC(=O)NCCCc2cnc3cc(C)nn3c2)c1. The summed E-state index contributed by atoms with van der Waals surface area (Å²) < 4.78 is 7.27. The Morgan fingerprint density at radius 2 is 2.16 bits per heavy atom. The van der Waals surface area contributed by atoms with E-state index in [1.807, 2.05) is 56.6 Å². The largest absolute Gasteiger partial charge is 0.484 e. The van der Waals surface area contributed by atoms with Gasteiger partial charge in [-0.05, 0) is 49.9 Å². The number of ether oxygens (including phenoxy) is 1. The fourth-order valence-corrected chi connectivity index (χ4v) is 2.59. The summed E-state index contributed by atoms with van der Waals surface area (Å²) in [6.45, 7) is 4.57. The summed E-state index contributed by atoms with van der Waals surface area (Å²) in [7, 11) is 0. The molecule has 6 heteroatoms. The molecule has 0 aliphatic heterocycles. The number of aryl methyl sites for hydroxylation is 3. The molecule has 6 nitrogen and oxygen atoms in total. The minimum Gasteiger partial charge on any atom is -0.484 e. The molecule has 0 saturated heterocycles. The molecule has 3 aromatic rings. The molecular formula is C19H22N4O2. The minimum absolute atomic E-state index is 0.0313. The molecule has 0 saturated carbocycles. The molecule has 1 N–H and O–H groups in total. The van der Waals surface area contributed by atoms with Crippen LogP contribution in [0.3, 0.4) is 0 Å². The first-order valence-corrected chi connectivity index (χ1v) is 8.37. The van der Waals surface area contributed by atoms with E-state index in [2.05, 4.69) is 15.4 Å². The third-order valence-corrected chi connectivity index (χ3v) is 3.81. The molecule has 1 aromatic carbocycles. The first kappa shape index (κ1) is 17.0. The smallest absolute Gasteiger partial charge is 0.257 e. The van der Waals surface area contributed by atoms with E-state index in [0.717, 1.165) is 35.3 Å². The zero-order valence-corrected chi connectivity index (χ0v) is 14.5. The highest BCUT2D eigenvalue weighted by Crippen LogP contribution is 2.12. The molecule has 1 amide bonds. The van der Waals surface area contributed by atoms with Crippen LogP contribution in [0.15, 0.2) is 42.7 Å². The highest BCUT2D eigenvalue weighted by molar-refractivity contribution is 5.77. The maximum absolute atomic E-state index is 11.8. The fourth-order valence-electron chi connectivity index (χ4n) is 2.59. The van der Waals surface area contributed by atoms with Crippen LogP contribution in [0.25, 0.3) is 5.65 Å². The summed E-state index contributed by atoms with van der Waals surface area (Å²) in [5.74, 6) is 0.599. The van der Waals surface area contributed by atoms with Gasteiger partial charge in [-0.2, -0.15) is 5.10 Å². The number of fused-ring (bicyclic) bond motifs is 1. The van der Waals surface area contributed by atoms with Crippen LogP contribution in [0.4, 0.5) is 0 Å². The average Bonchev–Trinajstić information content (AvgIpc) is 2.96. The van der Waals surface area contributed by atoms with Crippen LogP contribution in [0.1, 0.15) is 23.2 Å². The molecular weight excluding hydrogens is 316 g/mol. The van der Waals surface area contributed by atoms with E-state index in [1.54, 1.807) is 4.52 Å². The van der Waals surface area contributed by atoms with Crippen molar-refractivity contribution in [3.63, 3.8) is 0 Å². The number of hydrogen-bond acceptors (Lipinski definition) is 4. The highest BCUT2D eigenvalue weighted by Gasteiger charge is 2.04. The van der Waals surface area contributed by atoms with Gasteiger partial charge in [0.2, 0.25) is 0 Å². The molecule has 3 rings (SSSR count). The van der Waals surface area contributed by atoms with Crippen molar-refractivity contribution in [3.8, 4) is 5.75 Å². The van der Waals surface area contributed by atoms with Gasteiger partial charge in [-0.3, -0.25) is 4.79 Å². The van der Waals surface area contributed by atoms with E-state index < -0.39 is 0 Å². The molecule has 0 spiro atoms. The molecule has 0 aliphatic rings. The number of carbonyl (C=O) groups excluding carboxylic acids is 1. The Hall–Kier alpha value is -2.89. The summed E-state index contributed by atoms with van der Waals surface area (Å²) >= 11 is 0. The van der Waals surface area contributed by atoms with Crippen molar-refractivity contribution in [1.29, 1.82) is 0 Å². The summed E-state index contributed by atoms with van der Waals surface area (Å²) in [5, 5.41) is 7.23. The van der Waals surface area contributed by atoms with Gasteiger partial charge >= 0.3 is 0 Å². The number of hydrogen-bond donors (Lipinski definition) is 1. The van der Waals surface area contributed by atoms with Crippen molar-refractivity contribution >= 4 is 11.6 Å². The van der Waals surface area contributed by atoms with Crippen LogP contribution in [0.2, 0.25) is 0 Å². The zero-order chi connectivity index (χ0) is 17.6. The van der Waals surface area contributed by atoms with Gasteiger partial charge in [0.25, 0.3) is 5.91 Å². The summed E-state index contributed by atoms with van der Waals surface area (Å²) in [6, 6.07) is 9.60. The van der Waals surface area contributed by atoms with Crippen molar-refractivity contribution in [2.24, 2.45) is 0 Å². The Kier molecular flexibility index (Phi) is 5.28. The molecule has 0 bridgehead atoms. The van der Waals surface area contributed by atoms with E-state index in [4.69, 9.17) is 4.74 Å². The first-order valence-electron chi connectivity index (χ1n) is 8.37. The topological polar surface area (TPSA) is 68.5 Å². The van der Waals surface area contributed by atoms with E-state index in [0.29, 0.717) is 12.3 Å². The van der Waals surface area contributed by atoms with E-state index in [9.17, 15) is 4.79 Å². The number of benzene rings is 1. The standard InChI is InChI=1S/C19H22N4O2/c1-14-5-3-7-17(9-14)25-13-19(24)20-8-4-6-16-11-21-18-10-15(2)22-23(18)12-16/h3,5,7,9-12H,4,6,8,13H2,1-2H3,(H,20,24). The van der Waals surface area contributed by atoms with Gasteiger partial charge < -0.3 is 10.1 Å². The molecule has 0 unspecified atom stereocenters. The Balaban J connectivity index is 1.39. The molecule has 130 valence electrons. The molecule has 0 radical (unpaired) electrons. The predicted molar refractivity (Wildman–Crippen MR) is 95.7 cm³/mol. The molecule has 0 fully saturated rings. The Morgan fingerprint density at radius 3 is 3.00 bits per heavy atom. The summed E-state index contributed by atoms with van der Waals surface area (Å²) in [5.41, 5.74) is 4.00. The highest BCUT2D eigenvalue weighted by atomic mass is 16.5. The van der Waals surface area contributed by atoms with Crippen LogP contribution in [0, 0.1) is 13.8 Å². The number of amides is 1. The van der Waals surface area contributed by atoms with Gasteiger partial charge in [0.05, 0.1) is 5.69 Å². The number of nitrogens with one attached hydrogen (secondary N) is 1. The predicted octanol–water partition coefficient (Wildman–Crippen LogP) is 2.47. The Labute approximate surface area is 146 Å². The van der Waals surface area contributed by atoms with E-state index in [-0.39, 0.29) is 12.5 Å². The minimum atomic E-state index is -0.113. The lowest BCUT2D eigenvalue weighted by atomic mass is 10.2. The Bertz CT molecular complexity index is 873. The second kappa shape index (κ2) is 7.79. The maximum Gasteiger partial charge on any atom is 0.257 e. The van der Waals surface area contributed by atoms with Crippen molar-refractivity contribution in [3.05, 3.63) is 59.5 Å². The lowest BCUT2D eigenvalue weighted by Gasteiger charge is -2.08. The van der Waals surface area contributed by atoms with Crippen molar-refractivity contribution < 1.29 is 9.53 Å². The van der Waals surface area contributed by atoms with Crippen molar-refractivity contribution in [2.75, 3.05) is 13.2 Å². The number of carbonyl (C=O) groups is 1. The van der Waals surface area contributed by atoms with Crippen LogP contribution in [-0.2, 0) is 11.2 Å². The van der Waals surface area contributed by atoms with Crippen LogP contribution < -0.4 is 10.1 Å². The quantitative estimate of drug-likeness (QED) is 0.672. The second-order valence-corrected chi connectivity index (χ2v) is 6.11. The Morgan fingerprint density at radius 1 is 1.28 bits per heavy atom. The maximum atomic E-state index is 11.8. The van der Waals surface area contributed by atoms with Gasteiger partial charge in [-0.15, -0.1) is 0 Å². The molecule has 25 heavy (non-hydrogen) atoms. The van der Waals surface area contributed by atoms with Gasteiger partial charge in [-0.1, -0.05) is 12.1 Å². The number of nitrogens with zero attached hydrogens (tertiary/aromatic N) is 3. The van der Waals surface area contributed by atoms with E-state index >= 15 is 0 Å². The number of rotatable bonds is 7. The van der Waals surface area contributed by atoms with Crippen LogP contribution in [-0.4, -0.2) is 33.7 Å². The first-order chi connectivity index (χ1) is 12.1. The molecule has 0 aliphatic carbocycles. The summed E-state index contributed by atoms with van der Waals surface area (Å²) in [6.07, 6.45) is 5.52. The third kappa shape index (κ3) is 4.79. The zero-order valence-electron chi connectivity index (χ0n) is 14.5. The second-order valence-electron chi connectivity index (χ2n) is 6.11. The lowest BCUT2D eigenvalue weighted by Crippen LogP contribution is -2.29. The lowest BCUT2D eigenvalue weighted by molar-refractivity contribution is -0.123. The van der Waals surface area contributed by atoms with Crippen LogP contribution in [0.5, 0.6) is 5.75 Å². The molecule has 2 heterocycles.